The Morgan fingerprint density at radius 2 is 1.14 bits per heavy atom. The van der Waals surface area contributed by atoms with Gasteiger partial charge in [0.05, 0.1) is 0 Å². The maximum atomic E-state index is 2.62. The van der Waals surface area contributed by atoms with Crippen molar-refractivity contribution >= 4 is 0 Å². The van der Waals surface area contributed by atoms with Crippen molar-refractivity contribution in [2.45, 2.75) is 91.9 Å². The fourth-order valence-electron chi connectivity index (χ4n) is 8.14. The highest BCUT2D eigenvalue weighted by Gasteiger charge is 2.64. The molecule has 0 heteroatoms. The van der Waals surface area contributed by atoms with E-state index in [9.17, 15) is 0 Å². The first kappa shape index (κ1) is 14.6. The molecular formula is C21H36. The molecule has 0 bridgehead atoms. The SMILES string of the molecule is CC1(C)CCCC2C1CCC21CC(C)(C)C2CCCCC21. The van der Waals surface area contributed by atoms with Crippen molar-refractivity contribution in [1.29, 1.82) is 0 Å². The van der Waals surface area contributed by atoms with Crippen LogP contribution in [-0.4, -0.2) is 0 Å². The zero-order chi connectivity index (χ0) is 14.9. The fraction of sp³-hybridized carbons (Fsp3) is 1.00. The van der Waals surface area contributed by atoms with E-state index in [1.54, 1.807) is 38.5 Å². The maximum absolute atomic E-state index is 2.62. The molecule has 21 heavy (non-hydrogen) atoms. The van der Waals surface area contributed by atoms with Crippen molar-refractivity contribution in [1.82, 2.24) is 0 Å². The second kappa shape index (κ2) is 4.51. The van der Waals surface area contributed by atoms with Gasteiger partial charge in [0.15, 0.2) is 0 Å². The van der Waals surface area contributed by atoms with Crippen molar-refractivity contribution in [3.05, 3.63) is 0 Å². The topological polar surface area (TPSA) is 0 Å². The van der Waals surface area contributed by atoms with Gasteiger partial charge in [-0.15, -0.1) is 0 Å². The molecule has 4 aliphatic carbocycles. The van der Waals surface area contributed by atoms with Crippen LogP contribution in [0, 0.1) is 39.9 Å². The molecule has 4 rings (SSSR count). The van der Waals surface area contributed by atoms with Crippen molar-refractivity contribution in [3.8, 4) is 0 Å². The summed E-state index contributed by atoms with van der Waals surface area (Å²) in [5, 5.41) is 0. The largest absolute Gasteiger partial charge is 0.0596 e. The number of hydrogen-bond donors (Lipinski definition) is 0. The van der Waals surface area contributed by atoms with E-state index >= 15 is 0 Å². The summed E-state index contributed by atoms with van der Waals surface area (Å²) in [7, 11) is 0. The van der Waals surface area contributed by atoms with Gasteiger partial charge in [-0.25, -0.2) is 0 Å². The highest BCUT2D eigenvalue weighted by molar-refractivity contribution is 5.13. The lowest BCUT2D eigenvalue weighted by atomic mass is 9.56. The molecule has 0 nitrogen and oxygen atoms in total. The van der Waals surface area contributed by atoms with Gasteiger partial charge in [0.2, 0.25) is 0 Å². The van der Waals surface area contributed by atoms with Crippen LogP contribution in [-0.2, 0) is 0 Å². The normalized spacial score (nSPS) is 50.9. The molecule has 0 N–H and O–H groups in total. The number of fused-ring (bicyclic) bond motifs is 4. The molecule has 5 atom stereocenters. The smallest absolute Gasteiger partial charge is 0.0230 e. The van der Waals surface area contributed by atoms with E-state index in [4.69, 9.17) is 0 Å². The summed E-state index contributed by atoms with van der Waals surface area (Å²) < 4.78 is 0. The van der Waals surface area contributed by atoms with Crippen LogP contribution in [0.4, 0.5) is 0 Å². The van der Waals surface area contributed by atoms with Crippen LogP contribution in [0.1, 0.15) is 91.9 Å². The Balaban J connectivity index is 1.71. The Kier molecular flexibility index (Phi) is 3.13. The second-order valence-electron chi connectivity index (χ2n) is 10.5. The Morgan fingerprint density at radius 3 is 1.86 bits per heavy atom. The fourth-order valence-corrected chi connectivity index (χ4v) is 8.14. The quantitative estimate of drug-likeness (QED) is 0.481. The third kappa shape index (κ3) is 1.93. The van der Waals surface area contributed by atoms with Crippen LogP contribution < -0.4 is 0 Å². The summed E-state index contributed by atoms with van der Waals surface area (Å²) >= 11 is 0. The Morgan fingerprint density at radius 1 is 0.571 bits per heavy atom. The van der Waals surface area contributed by atoms with E-state index in [-0.39, 0.29) is 0 Å². The minimum absolute atomic E-state index is 0.627. The summed E-state index contributed by atoms with van der Waals surface area (Å²) in [5.41, 5.74) is 2.02. The molecule has 4 fully saturated rings. The molecule has 0 aromatic heterocycles. The molecule has 1 spiro atoms. The molecule has 120 valence electrons. The molecule has 0 amide bonds. The Labute approximate surface area is 132 Å². The van der Waals surface area contributed by atoms with Crippen LogP contribution in [0.5, 0.6) is 0 Å². The van der Waals surface area contributed by atoms with Gasteiger partial charge in [-0.1, -0.05) is 47.0 Å². The highest BCUT2D eigenvalue weighted by Crippen LogP contribution is 2.72. The van der Waals surface area contributed by atoms with Crippen LogP contribution in [0.25, 0.3) is 0 Å². The van der Waals surface area contributed by atoms with Crippen LogP contribution in [0.2, 0.25) is 0 Å². The first-order chi connectivity index (χ1) is 9.87. The highest BCUT2D eigenvalue weighted by atomic mass is 14.7. The molecule has 0 radical (unpaired) electrons. The zero-order valence-electron chi connectivity index (χ0n) is 14.9. The van der Waals surface area contributed by atoms with Crippen LogP contribution >= 0.6 is 0 Å². The van der Waals surface area contributed by atoms with Gasteiger partial charge in [-0.2, -0.15) is 0 Å². The molecule has 4 aliphatic rings. The summed E-state index contributed by atoms with van der Waals surface area (Å²) in [6.45, 7) is 10.4. The molecule has 5 unspecified atom stereocenters. The average Bonchev–Trinajstić information content (AvgIpc) is 2.89. The summed E-state index contributed by atoms with van der Waals surface area (Å²) in [4.78, 5) is 0. The van der Waals surface area contributed by atoms with Crippen LogP contribution in [0.15, 0.2) is 0 Å². The van der Waals surface area contributed by atoms with E-state index in [1.165, 1.54) is 25.7 Å². The molecule has 0 aromatic rings. The van der Waals surface area contributed by atoms with E-state index in [2.05, 4.69) is 27.7 Å². The number of rotatable bonds is 0. The maximum Gasteiger partial charge on any atom is -0.0230 e. The van der Waals surface area contributed by atoms with E-state index in [0.717, 1.165) is 29.1 Å². The zero-order valence-corrected chi connectivity index (χ0v) is 14.9. The van der Waals surface area contributed by atoms with Gasteiger partial charge in [-0.3, -0.25) is 0 Å². The van der Waals surface area contributed by atoms with E-state index in [1.807, 2.05) is 0 Å². The average molecular weight is 289 g/mol. The third-order valence-electron chi connectivity index (χ3n) is 8.78. The lowest BCUT2D eigenvalue weighted by molar-refractivity contribution is 0.00556. The van der Waals surface area contributed by atoms with Gasteiger partial charge >= 0.3 is 0 Å². The summed E-state index contributed by atoms with van der Waals surface area (Å²) in [5.74, 6) is 4.26. The van der Waals surface area contributed by atoms with Gasteiger partial charge in [0, 0.05) is 0 Å². The molecule has 0 heterocycles. The summed E-state index contributed by atoms with van der Waals surface area (Å²) in [6.07, 6.45) is 15.4. The minimum Gasteiger partial charge on any atom is -0.0596 e. The lowest BCUT2D eigenvalue weighted by Crippen LogP contribution is -2.41. The first-order valence-electron chi connectivity index (χ1n) is 9.87. The molecule has 0 saturated heterocycles. The van der Waals surface area contributed by atoms with Gasteiger partial charge in [0.1, 0.15) is 0 Å². The van der Waals surface area contributed by atoms with Crippen molar-refractivity contribution in [2.24, 2.45) is 39.9 Å². The monoisotopic (exact) mass is 288 g/mol. The van der Waals surface area contributed by atoms with E-state index in [0.29, 0.717) is 10.8 Å². The van der Waals surface area contributed by atoms with Gasteiger partial charge in [0.25, 0.3) is 0 Å². The third-order valence-corrected chi connectivity index (χ3v) is 8.78. The van der Waals surface area contributed by atoms with Crippen molar-refractivity contribution < 1.29 is 0 Å². The predicted molar refractivity (Wildman–Crippen MR) is 90.1 cm³/mol. The van der Waals surface area contributed by atoms with Crippen molar-refractivity contribution in [2.75, 3.05) is 0 Å². The minimum atomic E-state index is 0.627. The Hall–Kier alpha value is 0. The predicted octanol–water partition coefficient (Wildman–Crippen LogP) is 6.45. The van der Waals surface area contributed by atoms with Gasteiger partial charge < -0.3 is 0 Å². The second-order valence-corrected chi connectivity index (χ2v) is 10.5. The molecule has 0 aromatic carbocycles. The Bertz CT molecular complexity index is 418. The lowest BCUT2D eigenvalue weighted by Gasteiger charge is -2.48. The molecule has 4 saturated carbocycles. The number of hydrogen-bond acceptors (Lipinski definition) is 0. The molecule has 0 aliphatic heterocycles. The standard InChI is InChI=1S/C21H36/c1-19(2)12-7-10-18-16(19)11-13-21(18)14-20(3,4)15-8-5-6-9-17(15)21/h15-18H,5-14H2,1-4H3. The summed E-state index contributed by atoms with van der Waals surface area (Å²) in [6, 6.07) is 0. The van der Waals surface area contributed by atoms with E-state index < -0.39 is 0 Å². The first-order valence-corrected chi connectivity index (χ1v) is 9.87. The van der Waals surface area contributed by atoms with Gasteiger partial charge in [-0.05, 0) is 84.9 Å². The van der Waals surface area contributed by atoms with Crippen LogP contribution in [0.3, 0.4) is 0 Å². The molecular weight excluding hydrogens is 252 g/mol. The van der Waals surface area contributed by atoms with Crippen molar-refractivity contribution in [3.63, 3.8) is 0 Å².